The van der Waals surface area contributed by atoms with Gasteiger partial charge in [0.2, 0.25) is 0 Å². The van der Waals surface area contributed by atoms with Gasteiger partial charge in [-0.3, -0.25) is 0 Å². The van der Waals surface area contributed by atoms with E-state index in [0.29, 0.717) is 16.9 Å². The van der Waals surface area contributed by atoms with Crippen molar-refractivity contribution < 1.29 is 0 Å². The minimum absolute atomic E-state index is 0.475. The van der Waals surface area contributed by atoms with Crippen LogP contribution in [-0.4, -0.2) is 37.1 Å². The number of rotatable bonds is 4. The second kappa shape index (κ2) is 6.13. The first kappa shape index (κ1) is 15.3. The van der Waals surface area contributed by atoms with Crippen molar-refractivity contribution >= 4 is 0 Å². The Kier molecular flexibility index (Phi) is 4.94. The molecule has 0 saturated carbocycles. The van der Waals surface area contributed by atoms with Gasteiger partial charge in [0.1, 0.15) is 0 Å². The van der Waals surface area contributed by atoms with Crippen LogP contribution in [0.15, 0.2) is 0 Å². The lowest BCUT2D eigenvalue weighted by Gasteiger charge is -2.46. The lowest BCUT2D eigenvalue weighted by atomic mass is 9.73. The first-order valence-corrected chi connectivity index (χ1v) is 8.47. The Labute approximate surface area is 120 Å². The van der Waals surface area contributed by atoms with Crippen molar-refractivity contribution in [1.29, 1.82) is 0 Å². The number of hydrogen-bond donors (Lipinski definition) is 1. The van der Waals surface area contributed by atoms with Crippen LogP contribution in [0.1, 0.15) is 66.2 Å². The molecule has 0 bridgehead atoms. The molecule has 2 heterocycles. The zero-order valence-electron chi connectivity index (χ0n) is 13.6. The Bertz CT molecular complexity index is 271. The molecule has 0 amide bonds. The average molecular weight is 266 g/mol. The maximum atomic E-state index is 3.76. The van der Waals surface area contributed by atoms with Gasteiger partial charge in [0.15, 0.2) is 0 Å². The van der Waals surface area contributed by atoms with Gasteiger partial charge in [-0.2, -0.15) is 0 Å². The Morgan fingerprint density at radius 3 is 2.21 bits per heavy atom. The van der Waals surface area contributed by atoms with Crippen LogP contribution < -0.4 is 5.32 Å². The molecule has 0 aromatic rings. The highest BCUT2D eigenvalue weighted by molar-refractivity contribution is 4.92. The lowest BCUT2D eigenvalue weighted by Crippen LogP contribution is -2.54. The molecule has 112 valence electrons. The molecule has 2 rings (SSSR count). The summed E-state index contributed by atoms with van der Waals surface area (Å²) in [6.07, 6.45) is 8.28. The molecule has 0 aliphatic carbocycles. The first-order chi connectivity index (χ1) is 9.01. The van der Waals surface area contributed by atoms with Gasteiger partial charge in [-0.15, -0.1) is 0 Å². The molecule has 2 fully saturated rings. The van der Waals surface area contributed by atoms with E-state index >= 15 is 0 Å². The molecule has 0 radical (unpaired) electrons. The zero-order valence-corrected chi connectivity index (χ0v) is 13.6. The predicted octanol–water partition coefficient (Wildman–Crippen LogP) is 3.67. The van der Waals surface area contributed by atoms with Crippen LogP contribution in [0.2, 0.25) is 0 Å². The van der Waals surface area contributed by atoms with Crippen LogP contribution in [0.3, 0.4) is 0 Å². The normalized spacial score (nSPS) is 31.3. The lowest BCUT2D eigenvalue weighted by molar-refractivity contribution is 0.0631. The second-order valence-electron chi connectivity index (χ2n) is 7.61. The fourth-order valence-corrected chi connectivity index (χ4v) is 4.01. The Morgan fingerprint density at radius 2 is 1.68 bits per heavy atom. The van der Waals surface area contributed by atoms with Gasteiger partial charge < -0.3 is 10.2 Å². The summed E-state index contributed by atoms with van der Waals surface area (Å²) < 4.78 is 0. The third-order valence-corrected chi connectivity index (χ3v) is 6.19. The molecular formula is C17H34N2. The van der Waals surface area contributed by atoms with Crippen molar-refractivity contribution in [2.24, 2.45) is 10.8 Å². The molecule has 0 aromatic carbocycles. The number of nitrogens with one attached hydrogen (secondary N) is 1. The standard InChI is InChI=1S/C17H34N2/c1-5-17(6-2)9-12-19(13-10-17)14-15-16(3,4)8-7-11-18-15/h15,18H,5-14H2,1-4H3. The smallest absolute Gasteiger partial charge is 0.0246 e. The molecular weight excluding hydrogens is 232 g/mol. The molecule has 2 saturated heterocycles. The molecule has 1 atom stereocenters. The third-order valence-electron chi connectivity index (χ3n) is 6.19. The fraction of sp³-hybridized carbons (Fsp3) is 1.00. The Morgan fingerprint density at radius 1 is 1.05 bits per heavy atom. The predicted molar refractivity (Wildman–Crippen MR) is 83.5 cm³/mol. The Hall–Kier alpha value is -0.0800. The highest BCUT2D eigenvalue weighted by atomic mass is 15.2. The van der Waals surface area contributed by atoms with Gasteiger partial charge in [-0.1, -0.05) is 40.5 Å². The van der Waals surface area contributed by atoms with Crippen LogP contribution in [0.25, 0.3) is 0 Å². The molecule has 0 spiro atoms. The molecule has 0 aromatic heterocycles. The maximum absolute atomic E-state index is 3.76. The second-order valence-corrected chi connectivity index (χ2v) is 7.61. The van der Waals surface area contributed by atoms with E-state index in [1.165, 1.54) is 64.7 Å². The van der Waals surface area contributed by atoms with Gasteiger partial charge in [0, 0.05) is 12.6 Å². The van der Waals surface area contributed by atoms with Crippen molar-refractivity contribution in [2.45, 2.75) is 72.3 Å². The van der Waals surface area contributed by atoms with E-state index < -0.39 is 0 Å². The van der Waals surface area contributed by atoms with E-state index in [4.69, 9.17) is 0 Å². The largest absolute Gasteiger partial charge is 0.312 e. The minimum atomic E-state index is 0.475. The third kappa shape index (κ3) is 3.52. The number of piperidine rings is 2. The van der Waals surface area contributed by atoms with Crippen molar-refractivity contribution in [3.63, 3.8) is 0 Å². The van der Waals surface area contributed by atoms with Crippen molar-refractivity contribution in [2.75, 3.05) is 26.2 Å². The van der Waals surface area contributed by atoms with Gasteiger partial charge in [-0.25, -0.2) is 0 Å². The summed E-state index contributed by atoms with van der Waals surface area (Å²) >= 11 is 0. The summed E-state index contributed by atoms with van der Waals surface area (Å²) in [5.41, 5.74) is 1.13. The minimum Gasteiger partial charge on any atom is -0.312 e. The number of nitrogens with zero attached hydrogens (tertiary/aromatic N) is 1. The van der Waals surface area contributed by atoms with Crippen LogP contribution in [0, 0.1) is 10.8 Å². The van der Waals surface area contributed by atoms with E-state index in [0.717, 1.165) is 0 Å². The molecule has 2 nitrogen and oxygen atoms in total. The molecule has 2 aliphatic heterocycles. The van der Waals surface area contributed by atoms with E-state index in [9.17, 15) is 0 Å². The summed E-state index contributed by atoms with van der Waals surface area (Å²) in [5.74, 6) is 0. The monoisotopic (exact) mass is 266 g/mol. The van der Waals surface area contributed by atoms with Crippen molar-refractivity contribution in [3.05, 3.63) is 0 Å². The highest BCUT2D eigenvalue weighted by Gasteiger charge is 2.36. The van der Waals surface area contributed by atoms with Crippen LogP contribution >= 0.6 is 0 Å². The summed E-state index contributed by atoms with van der Waals surface area (Å²) in [7, 11) is 0. The summed E-state index contributed by atoms with van der Waals surface area (Å²) in [6.45, 7) is 14.8. The quantitative estimate of drug-likeness (QED) is 0.835. The van der Waals surface area contributed by atoms with E-state index in [1.54, 1.807) is 0 Å². The summed E-state index contributed by atoms with van der Waals surface area (Å²) in [4.78, 5) is 2.72. The molecule has 2 aliphatic rings. The van der Waals surface area contributed by atoms with E-state index in [2.05, 4.69) is 37.9 Å². The van der Waals surface area contributed by atoms with E-state index in [-0.39, 0.29) is 0 Å². The summed E-state index contributed by atoms with van der Waals surface area (Å²) in [5, 5.41) is 3.76. The van der Waals surface area contributed by atoms with Crippen molar-refractivity contribution in [3.8, 4) is 0 Å². The van der Waals surface area contributed by atoms with Gasteiger partial charge in [-0.05, 0) is 56.1 Å². The molecule has 1 N–H and O–H groups in total. The van der Waals surface area contributed by atoms with Crippen LogP contribution in [-0.2, 0) is 0 Å². The fourth-order valence-electron chi connectivity index (χ4n) is 4.01. The SMILES string of the molecule is CCC1(CC)CCN(CC2NCCCC2(C)C)CC1. The number of likely N-dealkylation sites (tertiary alicyclic amines) is 1. The average Bonchev–Trinajstić information content (AvgIpc) is 2.42. The van der Waals surface area contributed by atoms with Gasteiger partial charge in [0.05, 0.1) is 0 Å². The highest BCUT2D eigenvalue weighted by Crippen LogP contribution is 2.38. The van der Waals surface area contributed by atoms with Crippen molar-refractivity contribution in [1.82, 2.24) is 10.2 Å². The van der Waals surface area contributed by atoms with Crippen LogP contribution in [0.4, 0.5) is 0 Å². The summed E-state index contributed by atoms with van der Waals surface area (Å²) in [6, 6.07) is 0.692. The topological polar surface area (TPSA) is 15.3 Å². The zero-order chi connectivity index (χ0) is 13.9. The maximum Gasteiger partial charge on any atom is 0.0246 e. The molecule has 19 heavy (non-hydrogen) atoms. The molecule has 1 unspecified atom stereocenters. The first-order valence-electron chi connectivity index (χ1n) is 8.47. The Balaban J connectivity index is 1.85. The van der Waals surface area contributed by atoms with E-state index in [1.807, 2.05) is 0 Å². The van der Waals surface area contributed by atoms with Gasteiger partial charge >= 0.3 is 0 Å². The van der Waals surface area contributed by atoms with Crippen LogP contribution in [0.5, 0.6) is 0 Å². The van der Waals surface area contributed by atoms with Gasteiger partial charge in [0.25, 0.3) is 0 Å². The number of hydrogen-bond acceptors (Lipinski definition) is 2. The molecule has 2 heteroatoms.